The van der Waals surface area contributed by atoms with E-state index < -0.39 is 17.5 Å². The highest BCUT2D eigenvalue weighted by atomic mass is 32.1. The monoisotopic (exact) mass is 388 g/mol. The van der Waals surface area contributed by atoms with E-state index in [-0.39, 0.29) is 15.4 Å². The SMILES string of the molecule is CCCOc1ccccc1NC(=O)c1sc(-c2c(F)cccc2F)nc1C. The third-order valence-electron chi connectivity index (χ3n) is 3.78. The lowest BCUT2D eigenvalue weighted by atomic mass is 10.2. The molecule has 0 saturated carbocycles. The molecule has 3 aromatic rings. The van der Waals surface area contributed by atoms with E-state index in [1.807, 2.05) is 13.0 Å². The zero-order valence-electron chi connectivity index (χ0n) is 14.9. The molecule has 7 heteroatoms. The van der Waals surface area contributed by atoms with E-state index in [1.165, 1.54) is 6.07 Å². The molecule has 1 aromatic heterocycles. The predicted molar refractivity (Wildman–Crippen MR) is 102 cm³/mol. The Labute approximate surface area is 159 Å². The Morgan fingerprint density at radius 1 is 1.15 bits per heavy atom. The molecule has 1 heterocycles. The summed E-state index contributed by atoms with van der Waals surface area (Å²) in [7, 11) is 0. The van der Waals surface area contributed by atoms with Crippen LogP contribution in [0.4, 0.5) is 14.5 Å². The lowest BCUT2D eigenvalue weighted by Crippen LogP contribution is -2.12. The van der Waals surface area contributed by atoms with Crippen molar-refractivity contribution < 1.29 is 18.3 Å². The summed E-state index contributed by atoms with van der Waals surface area (Å²) in [6.07, 6.45) is 0.841. The number of amides is 1. The number of benzene rings is 2. The summed E-state index contributed by atoms with van der Waals surface area (Å²) in [5, 5.41) is 2.92. The Morgan fingerprint density at radius 2 is 1.85 bits per heavy atom. The van der Waals surface area contributed by atoms with Gasteiger partial charge in [0.05, 0.1) is 23.6 Å². The van der Waals surface area contributed by atoms with Crippen LogP contribution < -0.4 is 10.1 Å². The molecule has 0 unspecified atom stereocenters. The van der Waals surface area contributed by atoms with Crippen molar-refractivity contribution in [3.63, 3.8) is 0 Å². The zero-order chi connectivity index (χ0) is 19.4. The minimum Gasteiger partial charge on any atom is -0.491 e. The molecule has 140 valence electrons. The Kier molecular flexibility index (Phi) is 5.81. The highest BCUT2D eigenvalue weighted by molar-refractivity contribution is 7.17. The number of nitrogens with zero attached hydrogens (tertiary/aromatic N) is 1. The number of rotatable bonds is 6. The van der Waals surface area contributed by atoms with Gasteiger partial charge < -0.3 is 10.1 Å². The molecule has 0 aliphatic carbocycles. The first-order valence-corrected chi connectivity index (χ1v) is 9.28. The van der Waals surface area contributed by atoms with E-state index >= 15 is 0 Å². The maximum Gasteiger partial charge on any atom is 0.267 e. The summed E-state index contributed by atoms with van der Waals surface area (Å²) in [5.74, 6) is -1.26. The molecule has 1 N–H and O–H groups in total. The van der Waals surface area contributed by atoms with Gasteiger partial charge in [-0.25, -0.2) is 13.8 Å². The number of hydrogen-bond acceptors (Lipinski definition) is 4. The third kappa shape index (κ3) is 4.14. The van der Waals surface area contributed by atoms with Crippen LogP contribution in [0.15, 0.2) is 42.5 Å². The molecule has 4 nitrogen and oxygen atoms in total. The van der Waals surface area contributed by atoms with Crippen LogP contribution >= 0.6 is 11.3 Å². The second kappa shape index (κ2) is 8.26. The number of hydrogen-bond donors (Lipinski definition) is 1. The first-order chi connectivity index (χ1) is 13.0. The van der Waals surface area contributed by atoms with Crippen molar-refractivity contribution >= 4 is 22.9 Å². The van der Waals surface area contributed by atoms with Gasteiger partial charge in [0, 0.05) is 0 Å². The van der Waals surface area contributed by atoms with E-state index in [0.717, 1.165) is 29.9 Å². The van der Waals surface area contributed by atoms with Crippen LogP contribution in [0, 0.1) is 18.6 Å². The van der Waals surface area contributed by atoms with Gasteiger partial charge in [-0.15, -0.1) is 11.3 Å². The van der Waals surface area contributed by atoms with Crippen molar-refractivity contribution in [2.45, 2.75) is 20.3 Å². The average molecular weight is 388 g/mol. The Hall–Kier alpha value is -2.80. The first kappa shape index (κ1) is 19.0. The molecule has 0 spiro atoms. The van der Waals surface area contributed by atoms with Gasteiger partial charge in [0.2, 0.25) is 0 Å². The molecule has 0 fully saturated rings. The molecular weight excluding hydrogens is 370 g/mol. The number of carbonyl (C=O) groups excluding carboxylic acids is 1. The fourth-order valence-corrected chi connectivity index (χ4v) is 3.51. The fraction of sp³-hybridized carbons (Fsp3) is 0.200. The van der Waals surface area contributed by atoms with E-state index in [0.29, 0.717) is 23.7 Å². The van der Waals surface area contributed by atoms with Gasteiger partial charge in [-0.05, 0) is 37.6 Å². The molecule has 3 rings (SSSR count). The van der Waals surface area contributed by atoms with Crippen LogP contribution in [-0.2, 0) is 0 Å². The van der Waals surface area contributed by atoms with E-state index in [9.17, 15) is 13.6 Å². The quantitative estimate of drug-likeness (QED) is 0.612. The van der Waals surface area contributed by atoms with E-state index in [4.69, 9.17) is 4.74 Å². The number of halogens is 2. The topological polar surface area (TPSA) is 51.2 Å². The average Bonchev–Trinajstić information content (AvgIpc) is 3.02. The number of thiazole rings is 1. The summed E-state index contributed by atoms with van der Waals surface area (Å²) in [4.78, 5) is 17.2. The van der Waals surface area contributed by atoms with Crippen molar-refractivity contribution in [2.24, 2.45) is 0 Å². The van der Waals surface area contributed by atoms with Crippen LogP contribution in [0.5, 0.6) is 5.75 Å². The van der Waals surface area contributed by atoms with Crippen molar-refractivity contribution in [3.8, 4) is 16.3 Å². The Bertz CT molecular complexity index is 952. The molecule has 0 bridgehead atoms. The molecule has 0 aliphatic rings. The van der Waals surface area contributed by atoms with Gasteiger partial charge in [0.1, 0.15) is 27.3 Å². The molecule has 0 radical (unpaired) electrons. The number of ether oxygens (including phenoxy) is 1. The van der Waals surface area contributed by atoms with Crippen molar-refractivity contribution in [2.75, 3.05) is 11.9 Å². The minimum absolute atomic E-state index is 0.128. The van der Waals surface area contributed by atoms with Crippen LogP contribution in [0.3, 0.4) is 0 Å². The third-order valence-corrected chi connectivity index (χ3v) is 4.95. The van der Waals surface area contributed by atoms with E-state index in [1.54, 1.807) is 25.1 Å². The standard InChI is InChI=1S/C20H18F2N2O2S/c1-3-11-26-16-10-5-4-9-15(16)24-19(25)18-12(2)23-20(27-18)17-13(21)7-6-8-14(17)22/h4-10H,3,11H2,1-2H3,(H,24,25). The Balaban J connectivity index is 1.88. The minimum atomic E-state index is -0.714. The maximum atomic E-state index is 14.0. The van der Waals surface area contributed by atoms with E-state index in [2.05, 4.69) is 10.3 Å². The van der Waals surface area contributed by atoms with Crippen LogP contribution in [0.2, 0.25) is 0 Å². The summed E-state index contributed by atoms with van der Waals surface area (Å²) in [6.45, 7) is 4.15. The van der Waals surface area contributed by atoms with Crippen molar-refractivity contribution in [1.82, 2.24) is 4.98 Å². The van der Waals surface area contributed by atoms with Gasteiger partial charge in [0.15, 0.2) is 0 Å². The number of aromatic nitrogens is 1. The van der Waals surface area contributed by atoms with Gasteiger partial charge >= 0.3 is 0 Å². The fourth-order valence-electron chi connectivity index (χ4n) is 2.50. The molecule has 1 amide bonds. The normalized spacial score (nSPS) is 10.7. The summed E-state index contributed by atoms with van der Waals surface area (Å²) in [5.41, 5.74) is 0.709. The molecule has 0 atom stereocenters. The maximum absolute atomic E-state index is 14.0. The summed E-state index contributed by atoms with van der Waals surface area (Å²) in [6, 6.07) is 10.7. The number of aryl methyl sites for hydroxylation is 1. The second-order valence-electron chi connectivity index (χ2n) is 5.83. The smallest absolute Gasteiger partial charge is 0.267 e. The Morgan fingerprint density at radius 3 is 2.56 bits per heavy atom. The zero-order valence-corrected chi connectivity index (χ0v) is 15.7. The second-order valence-corrected chi connectivity index (χ2v) is 6.83. The lowest BCUT2D eigenvalue weighted by Gasteiger charge is -2.11. The summed E-state index contributed by atoms with van der Waals surface area (Å²) < 4.78 is 33.6. The molecular formula is C20H18F2N2O2S. The van der Waals surface area contributed by atoms with Crippen LogP contribution in [-0.4, -0.2) is 17.5 Å². The van der Waals surface area contributed by atoms with Gasteiger partial charge in [-0.3, -0.25) is 4.79 Å². The predicted octanol–water partition coefficient (Wildman–Crippen LogP) is 5.44. The number of anilines is 1. The number of carbonyl (C=O) groups is 1. The number of para-hydroxylation sites is 2. The largest absolute Gasteiger partial charge is 0.491 e. The molecule has 0 aliphatic heterocycles. The first-order valence-electron chi connectivity index (χ1n) is 8.46. The molecule has 2 aromatic carbocycles. The lowest BCUT2D eigenvalue weighted by molar-refractivity contribution is 0.102. The van der Waals surface area contributed by atoms with Gasteiger partial charge in [-0.1, -0.05) is 25.1 Å². The van der Waals surface area contributed by atoms with Crippen molar-refractivity contribution in [1.29, 1.82) is 0 Å². The van der Waals surface area contributed by atoms with Gasteiger partial charge in [0.25, 0.3) is 5.91 Å². The highest BCUT2D eigenvalue weighted by Crippen LogP contribution is 2.33. The van der Waals surface area contributed by atoms with Crippen molar-refractivity contribution in [3.05, 3.63) is 64.7 Å². The van der Waals surface area contributed by atoms with Gasteiger partial charge in [-0.2, -0.15) is 0 Å². The molecule has 0 saturated heterocycles. The van der Waals surface area contributed by atoms with Crippen LogP contribution in [0.1, 0.15) is 28.7 Å². The highest BCUT2D eigenvalue weighted by Gasteiger charge is 2.21. The molecule has 27 heavy (non-hydrogen) atoms. The van der Waals surface area contributed by atoms with Crippen LogP contribution in [0.25, 0.3) is 10.6 Å². The number of nitrogens with one attached hydrogen (secondary N) is 1. The summed E-state index contributed by atoms with van der Waals surface area (Å²) >= 11 is 0.948.